The molecule has 0 aliphatic heterocycles. The van der Waals surface area contributed by atoms with Crippen molar-refractivity contribution in [2.75, 3.05) is 0 Å². The number of thiazole rings is 1. The van der Waals surface area contributed by atoms with Gasteiger partial charge in [0, 0.05) is 43.0 Å². The van der Waals surface area contributed by atoms with Gasteiger partial charge in [0.15, 0.2) is 0 Å². The van der Waals surface area contributed by atoms with Gasteiger partial charge in [-0.05, 0) is 19.4 Å². The Balaban J connectivity index is 1.54. The Labute approximate surface area is 133 Å². The van der Waals surface area contributed by atoms with Crippen LogP contribution in [-0.4, -0.2) is 30.6 Å². The molecular formula is C15H20N6S. The summed E-state index contributed by atoms with van der Waals surface area (Å²) in [4.78, 5) is 4.66. The molecule has 0 fully saturated rings. The summed E-state index contributed by atoms with van der Waals surface area (Å²) in [6.45, 7) is 5.83. The fraction of sp³-hybridized carbons (Fsp3) is 0.400. The average molecular weight is 316 g/mol. The van der Waals surface area contributed by atoms with Crippen molar-refractivity contribution in [1.29, 1.82) is 0 Å². The van der Waals surface area contributed by atoms with Crippen molar-refractivity contribution in [2.24, 2.45) is 7.05 Å². The summed E-state index contributed by atoms with van der Waals surface area (Å²) in [5, 5.41) is 15.1. The molecule has 0 unspecified atom stereocenters. The smallest absolute Gasteiger partial charge is 0.126 e. The van der Waals surface area contributed by atoms with E-state index in [4.69, 9.17) is 0 Å². The molecule has 3 aromatic heterocycles. The highest BCUT2D eigenvalue weighted by Crippen LogP contribution is 2.22. The third-order valence-corrected chi connectivity index (χ3v) is 4.30. The van der Waals surface area contributed by atoms with E-state index in [0.29, 0.717) is 6.04 Å². The van der Waals surface area contributed by atoms with E-state index >= 15 is 0 Å². The van der Waals surface area contributed by atoms with Gasteiger partial charge in [-0.25, -0.2) is 4.98 Å². The minimum Gasteiger partial charge on any atom is -0.307 e. The fourth-order valence-electron chi connectivity index (χ4n) is 2.24. The molecule has 0 bridgehead atoms. The zero-order valence-electron chi connectivity index (χ0n) is 13.0. The third-order valence-electron chi connectivity index (χ3n) is 3.36. The van der Waals surface area contributed by atoms with Gasteiger partial charge in [0.2, 0.25) is 0 Å². The molecule has 3 rings (SSSR count). The number of nitrogens with one attached hydrogen (secondary N) is 1. The summed E-state index contributed by atoms with van der Waals surface area (Å²) >= 11 is 1.65. The van der Waals surface area contributed by atoms with E-state index in [1.54, 1.807) is 16.0 Å². The number of aromatic nitrogens is 5. The molecule has 0 radical (unpaired) electrons. The Morgan fingerprint density at radius 3 is 2.82 bits per heavy atom. The van der Waals surface area contributed by atoms with E-state index in [2.05, 4.69) is 45.9 Å². The Kier molecular flexibility index (Phi) is 4.35. The lowest BCUT2D eigenvalue weighted by atomic mass is 10.3. The predicted octanol–water partition coefficient (Wildman–Crippen LogP) is 2.23. The highest BCUT2D eigenvalue weighted by atomic mass is 32.1. The molecule has 1 atom stereocenters. The van der Waals surface area contributed by atoms with Crippen molar-refractivity contribution in [3.05, 3.63) is 41.4 Å². The highest BCUT2D eigenvalue weighted by molar-refractivity contribution is 7.13. The summed E-state index contributed by atoms with van der Waals surface area (Å²) in [5.74, 6) is 0. The van der Waals surface area contributed by atoms with E-state index in [9.17, 15) is 0 Å². The molecule has 0 saturated carbocycles. The minimum atomic E-state index is 0.336. The number of hydrogen-bond acceptors (Lipinski definition) is 5. The highest BCUT2D eigenvalue weighted by Gasteiger charge is 2.08. The van der Waals surface area contributed by atoms with Crippen molar-refractivity contribution in [3.8, 4) is 10.6 Å². The van der Waals surface area contributed by atoms with E-state index in [1.807, 2.05) is 30.3 Å². The first-order chi connectivity index (χ1) is 10.6. The normalized spacial score (nSPS) is 12.7. The van der Waals surface area contributed by atoms with Crippen molar-refractivity contribution in [3.63, 3.8) is 0 Å². The standard InChI is InChI=1S/C15H20N6S/c1-11-4-18-21(7-11)8-12(2)16-6-14-10-22-15(19-14)13-5-17-20(3)9-13/h4-5,7,9-10,12,16H,6,8H2,1-3H3/t12-/m1/s1. The van der Waals surface area contributed by atoms with Gasteiger partial charge in [-0.15, -0.1) is 11.3 Å². The second-order valence-corrected chi connectivity index (χ2v) is 6.43. The molecule has 3 heterocycles. The van der Waals surface area contributed by atoms with Crippen molar-refractivity contribution in [2.45, 2.75) is 33.0 Å². The Morgan fingerprint density at radius 1 is 1.27 bits per heavy atom. The van der Waals surface area contributed by atoms with Crippen LogP contribution in [-0.2, 0) is 20.1 Å². The number of hydrogen-bond donors (Lipinski definition) is 1. The number of nitrogens with zero attached hydrogens (tertiary/aromatic N) is 5. The first-order valence-corrected chi connectivity index (χ1v) is 8.14. The van der Waals surface area contributed by atoms with Crippen LogP contribution in [0.4, 0.5) is 0 Å². The summed E-state index contributed by atoms with van der Waals surface area (Å²) in [6, 6.07) is 0.336. The molecule has 116 valence electrons. The lowest BCUT2D eigenvalue weighted by molar-refractivity contribution is 0.449. The van der Waals surface area contributed by atoms with Crippen molar-refractivity contribution in [1.82, 2.24) is 29.9 Å². The maximum atomic E-state index is 4.66. The SMILES string of the molecule is Cc1cnn(C[C@@H](C)NCc2csc(-c3cnn(C)c3)n2)c1. The summed E-state index contributed by atoms with van der Waals surface area (Å²) in [5.41, 5.74) is 3.32. The summed E-state index contributed by atoms with van der Waals surface area (Å²) in [7, 11) is 1.91. The molecule has 0 saturated heterocycles. The van der Waals surface area contributed by atoms with E-state index in [-0.39, 0.29) is 0 Å². The first-order valence-electron chi connectivity index (χ1n) is 7.26. The van der Waals surface area contributed by atoms with Gasteiger partial charge in [0.25, 0.3) is 0 Å². The van der Waals surface area contributed by atoms with Crippen LogP contribution in [0.25, 0.3) is 10.6 Å². The first kappa shape index (κ1) is 14.9. The second kappa shape index (κ2) is 6.41. The van der Waals surface area contributed by atoms with Crippen LogP contribution in [0.3, 0.4) is 0 Å². The van der Waals surface area contributed by atoms with Gasteiger partial charge in [-0.2, -0.15) is 10.2 Å². The maximum absolute atomic E-state index is 4.66. The molecule has 3 aromatic rings. The van der Waals surface area contributed by atoms with Gasteiger partial charge in [0.1, 0.15) is 5.01 Å². The second-order valence-electron chi connectivity index (χ2n) is 5.57. The Bertz CT molecular complexity index is 741. The van der Waals surface area contributed by atoms with Crippen LogP contribution >= 0.6 is 11.3 Å². The van der Waals surface area contributed by atoms with Crippen LogP contribution in [0, 0.1) is 6.92 Å². The van der Waals surface area contributed by atoms with E-state index in [1.165, 1.54) is 5.56 Å². The molecule has 22 heavy (non-hydrogen) atoms. The summed E-state index contributed by atoms with van der Waals surface area (Å²) < 4.78 is 3.76. The molecule has 0 amide bonds. The van der Waals surface area contributed by atoms with Crippen LogP contribution in [0.2, 0.25) is 0 Å². The largest absolute Gasteiger partial charge is 0.307 e. The van der Waals surface area contributed by atoms with Gasteiger partial charge in [0.05, 0.1) is 24.6 Å². The molecule has 0 spiro atoms. The summed E-state index contributed by atoms with van der Waals surface area (Å²) in [6.07, 6.45) is 7.77. The van der Waals surface area contributed by atoms with Crippen LogP contribution in [0.15, 0.2) is 30.2 Å². The monoisotopic (exact) mass is 316 g/mol. The minimum absolute atomic E-state index is 0.336. The molecule has 0 aromatic carbocycles. The quantitative estimate of drug-likeness (QED) is 0.757. The topological polar surface area (TPSA) is 60.6 Å². The van der Waals surface area contributed by atoms with Gasteiger partial charge < -0.3 is 5.32 Å². The van der Waals surface area contributed by atoms with Crippen LogP contribution in [0.5, 0.6) is 0 Å². The average Bonchev–Trinajstić information content (AvgIpc) is 3.18. The number of aryl methyl sites for hydroxylation is 2. The number of rotatable bonds is 6. The predicted molar refractivity (Wildman–Crippen MR) is 87.6 cm³/mol. The Hall–Kier alpha value is -1.99. The lowest BCUT2D eigenvalue weighted by Crippen LogP contribution is -2.30. The zero-order chi connectivity index (χ0) is 15.5. The molecule has 6 nitrogen and oxygen atoms in total. The lowest BCUT2D eigenvalue weighted by Gasteiger charge is -2.12. The molecule has 7 heteroatoms. The van der Waals surface area contributed by atoms with Gasteiger partial charge in [-0.3, -0.25) is 9.36 Å². The van der Waals surface area contributed by atoms with Gasteiger partial charge in [-0.1, -0.05) is 0 Å². The van der Waals surface area contributed by atoms with Crippen LogP contribution in [0.1, 0.15) is 18.2 Å². The van der Waals surface area contributed by atoms with E-state index in [0.717, 1.165) is 29.4 Å². The van der Waals surface area contributed by atoms with Crippen LogP contribution < -0.4 is 5.32 Å². The molecule has 0 aliphatic rings. The molecule has 0 aliphatic carbocycles. The molecule has 1 N–H and O–H groups in total. The third kappa shape index (κ3) is 3.61. The Morgan fingerprint density at radius 2 is 2.14 bits per heavy atom. The van der Waals surface area contributed by atoms with Crippen molar-refractivity contribution < 1.29 is 0 Å². The fourth-order valence-corrected chi connectivity index (χ4v) is 3.04. The van der Waals surface area contributed by atoms with Gasteiger partial charge >= 0.3 is 0 Å². The maximum Gasteiger partial charge on any atom is 0.126 e. The zero-order valence-corrected chi connectivity index (χ0v) is 13.8. The van der Waals surface area contributed by atoms with Crippen molar-refractivity contribution >= 4 is 11.3 Å². The van der Waals surface area contributed by atoms with E-state index < -0.39 is 0 Å². The molecular weight excluding hydrogens is 296 g/mol.